The second-order valence-electron chi connectivity index (χ2n) is 11.7. The van der Waals surface area contributed by atoms with Gasteiger partial charge >= 0.3 is 0 Å². The van der Waals surface area contributed by atoms with Gasteiger partial charge in [0.1, 0.15) is 5.75 Å². The number of carbonyl (C=O) groups excluding carboxylic acids is 3. The molecule has 3 amide bonds. The summed E-state index contributed by atoms with van der Waals surface area (Å²) < 4.78 is 16.9. The molecule has 2 aliphatic heterocycles. The minimum absolute atomic E-state index is 0.0260. The lowest BCUT2D eigenvalue weighted by atomic mass is 9.47. The SMILES string of the molecule is CCCOc1ccc(N2C(=O)[C@@H]3C4c5ccccc5C(/C=N\NC(=O)CC5(C)OCCO5)(c5ccccc54)[C@H]3C2=O)cc1. The highest BCUT2D eigenvalue weighted by Crippen LogP contribution is 2.63. The molecule has 0 radical (unpaired) electrons. The zero-order valence-corrected chi connectivity index (χ0v) is 24.1. The van der Waals surface area contributed by atoms with E-state index in [1.54, 1.807) is 37.4 Å². The number of nitrogens with zero attached hydrogens (tertiary/aromatic N) is 2. The number of carbonyl (C=O) groups is 3. The second-order valence-corrected chi connectivity index (χ2v) is 11.7. The number of hydrogen-bond donors (Lipinski definition) is 1. The number of amides is 3. The molecule has 3 aromatic carbocycles. The standard InChI is InChI=1S/C34H33N3O6/c1-3-16-41-22-14-12-21(13-15-22)37-31(39)29-28-23-8-4-6-10-25(23)34(30(29)32(37)40,26-11-7-5-9-24(26)28)20-35-36-27(38)19-33(2)42-17-18-43-33/h4-15,20,28-30H,3,16-19H2,1-2H3,(H,36,38)/b35-20-/t28?,29-,30-,34?/m1/s1. The molecule has 0 saturated carbocycles. The van der Waals surface area contributed by atoms with Crippen molar-refractivity contribution in [3.63, 3.8) is 0 Å². The molecule has 220 valence electrons. The Bertz CT molecular complexity index is 1580. The molecule has 3 aliphatic carbocycles. The Morgan fingerprint density at radius 3 is 2.23 bits per heavy atom. The van der Waals surface area contributed by atoms with Crippen molar-refractivity contribution in [3.8, 4) is 5.75 Å². The Kier molecular flexibility index (Phi) is 6.67. The van der Waals surface area contributed by atoms with E-state index in [-0.39, 0.29) is 30.1 Å². The highest BCUT2D eigenvalue weighted by Gasteiger charge is 2.68. The smallest absolute Gasteiger partial charge is 0.245 e. The largest absolute Gasteiger partial charge is 0.494 e. The molecule has 5 aliphatic rings. The number of hydrazone groups is 1. The van der Waals surface area contributed by atoms with Gasteiger partial charge in [0, 0.05) is 12.1 Å². The Morgan fingerprint density at radius 2 is 1.60 bits per heavy atom. The van der Waals surface area contributed by atoms with Gasteiger partial charge in [-0.3, -0.25) is 14.4 Å². The Balaban J connectivity index is 1.31. The normalized spacial score (nSPS) is 26.4. The maximum Gasteiger partial charge on any atom is 0.245 e. The van der Waals surface area contributed by atoms with Gasteiger partial charge in [0.15, 0.2) is 5.79 Å². The van der Waals surface area contributed by atoms with Crippen LogP contribution in [0, 0.1) is 11.8 Å². The van der Waals surface area contributed by atoms with E-state index in [2.05, 4.69) is 10.5 Å². The van der Waals surface area contributed by atoms with Gasteiger partial charge in [-0.25, -0.2) is 10.3 Å². The van der Waals surface area contributed by atoms with Crippen molar-refractivity contribution in [2.24, 2.45) is 16.9 Å². The van der Waals surface area contributed by atoms with Crippen molar-refractivity contribution in [2.75, 3.05) is 24.7 Å². The highest BCUT2D eigenvalue weighted by atomic mass is 16.7. The first-order chi connectivity index (χ1) is 20.9. The second kappa shape index (κ2) is 10.4. The quantitative estimate of drug-likeness (QED) is 0.243. The van der Waals surface area contributed by atoms with Crippen LogP contribution in [0.3, 0.4) is 0 Å². The third kappa shape index (κ3) is 4.21. The molecule has 43 heavy (non-hydrogen) atoms. The van der Waals surface area contributed by atoms with Crippen molar-refractivity contribution < 1.29 is 28.6 Å². The fourth-order valence-corrected chi connectivity index (χ4v) is 7.41. The van der Waals surface area contributed by atoms with Crippen LogP contribution in [-0.2, 0) is 29.3 Å². The average Bonchev–Trinajstić information content (AvgIpc) is 3.56. The average molecular weight is 580 g/mol. The predicted molar refractivity (Wildman–Crippen MR) is 159 cm³/mol. The van der Waals surface area contributed by atoms with Crippen molar-refractivity contribution >= 4 is 29.6 Å². The molecule has 3 aromatic rings. The minimum atomic E-state index is -1.07. The summed E-state index contributed by atoms with van der Waals surface area (Å²) in [6.07, 6.45) is 2.51. The van der Waals surface area contributed by atoms with Crippen LogP contribution in [0.25, 0.3) is 0 Å². The van der Waals surface area contributed by atoms with Gasteiger partial charge in [-0.1, -0.05) is 55.5 Å². The molecule has 2 heterocycles. The van der Waals surface area contributed by atoms with Crippen molar-refractivity contribution in [2.45, 2.75) is 43.8 Å². The summed E-state index contributed by atoms with van der Waals surface area (Å²) in [5.41, 5.74) is 5.89. The molecule has 8 rings (SSSR count). The zero-order chi connectivity index (χ0) is 29.8. The Labute approximate surface area is 249 Å². The third-order valence-corrected chi connectivity index (χ3v) is 9.09. The van der Waals surface area contributed by atoms with Crippen LogP contribution >= 0.6 is 0 Å². The number of ether oxygens (including phenoxy) is 3. The first-order valence-corrected chi connectivity index (χ1v) is 14.8. The highest BCUT2D eigenvalue weighted by molar-refractivity contribution is 6.25. The van der Waals surface area contributed by atoms with E-state index in [0.29, 0.717) is 31.3 Å². The van der Waals surface area contributed by atoms with Crippen LogP contribution in [0.5, 0.6) is 5.75 Å². The summed E-state index contributed by atoms with van der Waals surface area (Å²) in [7, 11) is 0. The number of rotatable bonds is 8. The van der Waals surface area contributed by atoms with Crippen LogP contribution in [0.4, 0.5) is 5.69 Å². The van der Waals surface area contributed by atoms with E-state index in [4.69, 9.17) is 14.2 Å². The van der Waals surface area contributed by atoms with Crippen LogP contribution < -0.4 is 15.1 Å². The van der Waals surface area contributed by atoms with Gasteiger partial charge in [-0.2, -0.15) is 5.10 Å². The number of imide groups is 1. The van der Waals surface area contributed by atoms with Crippen LogP contribution in [-0.4, -0.2) is 49.5 Å². The number of benzene rings is 3. The molecule has 2 bridgehead atoms. The van der Waals surface area contributed by atoms with E-state index in [1.807, 2.05) is 55.5 Å². The molecular weight excluding hydrogens is 546 g/mol. The first-order valence-electron chi connectivity index (χ1n) is 14.8. The molecule has 0 aromatic heterocycles. The molecule has 0 unspecified atom stereocenters. The lowest BCUT2D eigenvalue weighted by molar-refractivity contribution is -0.159. The lowest BCUT2D eigenvalue weighted by Crippen LogP contribution is -2.54. The molecule has 2 saturated heterocycles. The number of hydrogen-bond acceptors (Lipinski definition) is 7. The van der Waals surface area contributed by atoms with E-state index < -0.39 is 23.0 Å². The molecule has 1 N–H and O–H groups in total. The van der Waals surface area contributed by atoms with Crippen molar-refractivity contribution in [1.82, 2.24) is 5.43 Å². The molecule has 2 fully saturated rings. The number of anilines is 1. The molecule has 2 atom stereocenters. The van der Waals surface area contributed by atoms with Gasteiger partial charge in [-0.15, -0.1) is 0 Å². The van der Waals surface area contributed by atoms with E-state index in [0.717, 1.165) is 28.7 Å². The fraction of sp³-hybridized carbons (Fsp3) is 0.353. The Morgan fingerprint density at radius 1 is 0.977 bits per heavy atom. The van der Waals surface area contributed by atoms with Gasteiger partial charge in [-0.05, 0) is 59.9 Å². The molecule has 9 nitrogen and oxygen atoms in total. The van der Waals surface area contributed by atoms with E-state index >= 15 is 0 Å². The topological polar surface area (TPSA) is 107 Å². The summed E-state index contributed by atoms with van der Waals surface area (Å²) in [5.74, 6) is -2.88. The fourth-order valence-electron chi connectivity index (χ4n) is 7.41. The summed E-state index contributed by atoms with van der Waals surface area (Å²) in [6, 6.07) is 23.0. The van der Waals surface area contributed by atoms with Crippen LogP contribution in [0.2, 0.25) is 0 Å². The summed E-state index contributed by atoms with van der Waals surface area (Å²) in [5, 5.41) is 4.46. The summed E-state index contributed by atoms with van der Waals surface area (Å²) in [4.78, 5) is 43.0. The third-order valence-electron chi connectivity index (χ3n) is 9.09. The Hall–Kier alpha value is -4.34. The lowest BCUT2D eigenvalue weighted by Gasteiger charge is -2.52. The molecule has 9 heteroatoms. The maximum atomic E-state index is 14.5. The van der Waals surface area contributed by atoms with Crippen molar-refractivity contribution in [3.05, 3.63) is 95.1 Å². The molecular formula is C34H33N3O6. The summed E-state index contributed by atoms with van der Waals surface area (Å²) in [6.45, 7) is 5.19. The predicted octanol–water partition coefficient (Wildman–Crippen LogP) is 4.28. The minimum Gasteiger partial charge on any atom is -0.494 e. The monoisotopic (exact) mass is 579 g/mol. The number of nitrogens with one attached hydrogen (secondary N) is 1. The van der Waals surface area contributed by atoms with Gasteiger partial charge < -0.3 is 14.2 Å². The van der Waals surface area contributed by atoms with Gasteiger partial charge in [0.25, 0.3) is 0 Å². The van der Waals surface area contributed by atoms with Crippen LogP contribution in [0.15, 0.2) is 77.9 Å². The van der Waals surface area contributed by atoms with Crippen LogP contribution in [0.1, 0.15) is 54.9 Å². The van der Waals surface area contributed by atoms with E-state index in [9.17, 15) is 14.4 Å². The first kappa shape index (κ1) is 27.5. The zero-order valence-electron chi connectivity index (χ0n) is 24.1. The van der Waals surface area contributed by atoms with Gasteiger partial charge in [0.2, 0.25) is 17.7 Å². The van der Waals surface area contributed by atoms with E-state index in [1.165, 1.54) is 4.90 Å². The maximum absolute atomic E-state index is 14.5. The van der Waals surface area contributed by atoms with Crippen molar-refractivity contribution in [1.29, 1.82) is 0 Å². The van der Waals surface area contributed by atoms with Gasteiger partial charge in [0.05, 0.1) is 49.2 Å². The molecule has 0 spiro atoms. The summed E-state index contributed by atoms with van der Waals surface area (Å²) >= 11 is 0.